The van der Waals surface area contributed by atoms with Gasteiger partial charge in [0, 0.05) is 6.07 Å². The first-order valence-electron chi connectivity index (χ1n) is 5.41. The molecule has 0 spiro atoms. The minimum absolute atomic E-state index is 0.0662. The summed E-state index contributed by atoms with van der Waals surface area (Å²) in [5.41, 5.74) is -0.858. The fraction of sp³-hybridized carbons (Fsp3) is 0.455. The van der Waals surface area contributed by atoms with Crippen LogP contribution in [0.15, 0.2) is 12.3 Å². The van der Waals surface area contributed by atoms with Crippen molar-refractivity contribution in [3.63, 3.8) is 0 Å². The van der Waals surface area contributed by atoms with E-state index >= 15 is 0 Å². The average Bonchev–Trinajstić information content (AvgIpc) is 2.26. The van der Waals surface area contributed by atoms with Crippen LogP contribution in [0, 0.1) is 10.1 Å². The summed E-state index contributed by atoms with van der Waals surface area (Å²) >= 11 is 0. The maximum atomic E-state index is 11.6. The third kappa shape index (κ3) is 4.41. The summed E-state index contributed by atoms with van der Waals surface area (Å²) in [7, 11) is 1.34. The summed E-state index contributed by atoms with van der Waals surface area (Å²) in [5, 5.41) is 13.0. The van der Waals surface area contributed by atoms with Crippen molar-refractivity contribution < 1.29 is 19.2 Å². The number of methoxy groups -OCH3 is 1. The molecule has 19 heavy (non-hydrogen) atoms. The maximum absolute atomic E-state index is 11.6. The van der Waals surface area contributed by atoms with Gasteiger partial charge in [-0.1, -0.05) is 0 Å². The number of hydrogen-bond donors (Lipinski definition) is 1. The number of ether oxygens (including phenoxy) is 2. The number of hydrogen-bond acceptors (Lipinski definition) is 6. The van der Waals surface area contributed by atoms with Gasteiger partial charge < -0.3 is 9.47 Å². The Kier molecular flexibility index (Phi) is 4.26. The molecule has 0 unspecified atom stereocenters. The third-order valence-corrected chi connectivity index (χ3v) is 1.88. The lowest BCUT2D eigenvalue weighted by Crippen LogP contribution is -2.27. The summed E-state index contributed by atoms with van der Waals surface area (Å²) in [6.45, 7) is 5.11. The van der Waals surface area contributed by atoms with Gasteiger partial charge in [0.1, 0.15) is 17.5 Å². The predicted octanol–water partition coefficient (Wildman–Crippen LogP) is 2.35. The van der Waals surface area contributed by atoms with Crippen molar-refractivity contribution in [3.05, 3.63) is 22.4 Å². The number of nitro groups is 1. The first-order chi connectivity index (χ1) is 8.73. The Morgan fingerprint density at radius 2 is 2.11 bits per heavy atom. The zero-order valence-corrected chi connectivity index (χ0v) is 11.1. The van der Waals surface area contributed by atoms with Crippen LogP contribution in [-0.4, -0.2) is 28.7 Å². The molecule has 1 heterocycles. The van der Waals surface area contributed by atoms with E-state index in [0.29, 0.717) is 0 Å². The molecule has 0 aliphatic rings. The molecule has 1 aromatic heterocycles. The van der Waals surface area contributed by atoms with Crippen molar-refractivity contribution in [1.82, 2.24) is 4.98 Å². The van der Waals surface area contributed by atoms with Crippen LogP contribution in [0.1, 0.15) is 20.8 Å². The van der Waals surface area contributed by atoms with Crippen LogP contribution in [0.5, 0.6) is 5.88 Å². The molecule has 0 aromatic carbocycles. The SMILES string of the molecule is COc1ncc([N+](=O)[O-])cc1NC(=O)OC(C)(C)C. The van der Waals surface area contributed by atoms with E-state index in [-0.39, 0.29) is 17.3 Å². The number of carbonyl (C=O) groups is 1. The van der Waals surface area contributed by atoms with Crippen molar-refractivity contribution in [2.45, 2.75) is 26.4 Å². The Bertz CT molecular complexity index is 496. The highest BCUT2D eigenvalue weighted by atomic mass is 16.6. The minimum atomic E-state index is -0.743. The predicted molar refractivity (Wildman–Crippen MR) is 67.3 cm³/mol. The molecule has 8 nitrogen and oxygen atoms in total. The standard InChI is InChI=1S/C11H15N3O5/c1-11(2,3)19-10(15)13-8-5-7(14(16)17)6-12-9(8)18-4/h5-6H,1-4H3,(H,13,15). The van der Waals surface area contributed by atoms with E-state index in [1.165, 1.54) is 7.11 Å². The largest absolute Gasteiger partial charge is 0.480 e. The Hall–Kier alpha value is -2.38. The Morgan fingerprint density at radius 3 is 2.58 bits per heavy atom. The maximum Gasteiger partial charge on any atom is 0.412 e. The minimum Gasteiger partial charge on any atom is -0.480 e. The fourth-order valence-corrected chi connectivity index (χ4v) is 1.21. The Balaban J connectivity index is 2.95. The Morgan fingerprint density at radius 1 is 1.47 bits per heavy atom. The average molecular weight is 269 g/mol. The second kappa shape index (κ2) is 5.51. The highest BCUT2D eigenvalue weighted by Crippen LogP contribution is 2.26. The Labute approximate surface area is 109 Å². The third-order valence-electron chi connectivity index (χ3n) is 1.88. The van der Waals surface area contributed by atoms with E-state index in [0.717, 1.165) is 12.3 Å². The van der Waals surface area contributed by atoms with Crippen molar-refractivity contribution in [3.8, 4) is 5.88 Å². The summed E-state index contributed by atoms with van der Waals surface area (Å²) in [5.74, 6) is 0.0662. The van der Waals surface area contributed by atoms with Gasteiger partial charge in [-0.2, -0.15) is 0 Å². The summed E-state index contributed by atoms with van der Waals surface area (Å²) in [6.07, 6.45) is 0.298. The van der Waals surface area contributed by atoms with Gasteiger partial charge in [0.25, 0.3) is 5.69 Å². The van der Waals surface area contributed by atoms with Crippen molar-refractivity contribution >= 4 is 17.5 Å². The van der Waals surface area contributed by atoms with Gasteiger partial charge in [0.2, 0.25) is 5.88 Å². The van der Waals surface area contributed by atoms with Crippen LogP contribution in [-0.2, 0) is 4.74 Å². The van der Waals surface area contributed by atoms with E-state index in [1.54, 1.807) is 20.8 Å². The van der Waals surface area contributed by atoms with Gasteiger partial charge in [0.05, 0.1) is 12.0 Å². The molecule has 0 aliphatic carbocycles. The van der Waals surface area contributed by atoms with Gasteiger partial charge in [0.15, 0.2) is 0 Å². The van der Waals surface area contributed by atoms with Crippen molar-refractivity contribution in [1.29, 1.82) is 0 Å². The molecule has 0 fully saturated rings. The number of nitrogens with one attached hydrogen (secondary N) is 1. The summed E-state index contributed by atoms with van der Waals surface area (Å²) < 4.78 is 9.95. The van der Waals surface area contributed by atoms with Crippen LogP contribution < -0.4 is 10.1 Å². The van der Waals surface area contributed by atoms with Crippen LogP contribution in [0.3, 0.4) is 0 Å². The zero-order chi connectivity index (χ0) is 14.6. The monoisotopic (exact) mass is 269 g/mol. The van der Waals surface area contributed by atoms with Crippen LogP contribution in [0.4, 0.5) is 16.2 Å². The molecule has 0 radical (unpaired) electrons. The van der Waals surface area contributed by atoms with Crippen molar-refractivity contribution in [2.24, 2.45) is 0 Å². The number of anilines is 1. The van der Waals surface area contributed by atoms with E-state index in [2.05, 4.69) is 10.3 Å². The van der Waals surface area contributed by atoms with Crippen molar-refractivity contribution in [2.75, 3.05) is 12.4 Å². The first-order valence-corrected chi connectivity index (χ1v) is 5.41. The highest BCUT2D eigenvalue weighted by Gasteiger charge is 2.19. The van der Waals surface area contributed by atoms with E-state index in [9.17, 15) is 14.9 Å². The van der Waals surface area contributed by atoms with Gasteiger partial charge in [-0.15, -0.1) is 0 Å². The second-order valence-corrected chi connectivity index (χ2v) is 4.63. The van der Waals surface area contributed by atoms with Crippen LogP contribution in [0.2, 0.25) is 0 Å². The molecule has 0 atom stereocenters. The lowest BCUT2D eigenvalue weighted by molar-refractivity contribution is -0.385. The lowest BCUT2D eigenvalue weighted by Gasteiger charge is -2.19. The number of nitrogens with zero attached hydrogens (tertiary/aromatic N) is 2. The fourth-order valence-electron chi connectivity index (χ4n) is 1.21. The second-order valence-electron chi connectivity index (χ2n) is 4.63. The molecule has 0 saturated heterocycles. The van der Waals surface area contributed by atoms with E-state index < -0.39 is 16.6 Å². The molecule has 1 N–H and O–H groups in total. The van der Waals surface area contributed by atoms with Crippen LogP contribution >= 0.6 is 0 Å². The number of rotatable bonds is 3. The van der Waals surface area contributed by atoms with E-state index in [1.807, 2.05) is 0 Å². The van der Waals surface area contributed by atoms with Crippen LogP contribution in [0.25, 0.3) is 0 Å². The van der Waals surface area contributed by atoms with Gasteiger partial charge in [-0.3, -0.25) is 15.4 Å². The molecule has 1 rings (SSSR count). The summed E-state index contributed by atoms with van der Waals surface area (Å²) in [4.78, 5) is 25.4. The molecule has 1 amide bonds. The number of carbonyl (C=O) groups excluding carboxylic acids is 1. The quantitative estimate of drug-likeness (QED) is 0.667. The van der Waals surface area contributed by atoms with E-state index in [4.69, 9.17) is 9.47 Å². The van der Waals surface area contributed by atoms with Gasteiger partial charge >= 0.3 is 6.09 Å². The first kappa shape index (κ1) is 14.7. The number of amides is 1. The molecule has 1 aromatic rings. The number of aromatic nitrogens is 1. The normalized spacial score (nSPS) is 10.7. The molecule has 0 aliphatic heterocycles. The summed E-state index contributed by atoms with van der Waals surface area (Å²) in [6, 6.07) is 1.15. The molecular weight excluding hydrogens is 254 g/mol. The molecule has 8 heteroatoms. The van der Waals surface area contributed by atoms with Gasteiger partial charge in [-0.05, 0) is 20.8 Å². The highest BCUT2D eigenvalue weighted by molar-refractivity contribution is 5.87. The molecular formula is C11H15N3O5. The lowest BCUT2D eigenvalue weighted by atomic mass is 10.2. The van der Waals surface area contributed by atoms with Gasteiger partial charge in [-0.25, -0.2) is 9.78 Å². The zero-order valence-electron chi connectivity index (χ0n) is 11.1. The number of pyridine rings is 1. The molecule has 0 bridgehead atoms. The smallest absolute Gasteiger partial charge is 0.412 e. The molecule has 0 saturated carbocycles. The topological polar surface area (TPSA) is 104 Å². The molecule has 104 valence electrons.